The molecule has 1 aromatic rings. The minimum Gasteiger partial charge on any atom is -0.337 e. The van der Waals surface area contributed by atoms with E-state index in [1.807, 2.05) is 17.0 Å². The summed E-state index contributed by atoms with van der Waals surface area (Å²) in [6.45, 7) is 4.66. The molecule has 0 bridgehead atoms. The number of carbonyl (C=O) groups excluding carboxylic acids is 1. The summed E-state index contributed by atoms with van der Waals surface area (Å²) < 4.78 is 0. The monoisotopic (exact) mass is 219 g/mol. The molecule has 0 aliphatic carbocycles. The van der Waals surface area contributed by atoms with E-state index in [0.717, 1.165) is 25.2 Å². The van der Waals surface area contributed by atoms with Crippen LogP contribution in [-0.4, -0.2) is 41.5 Å². The number of nitrogens with zero attached hydrogens (tertiary/aromatic N) is 2. The molecule has 2 heterocycles. The number of hydrogen-bond acceptors (Lipinski definition) is 3. The average Bonchev–Trinajstić information content (AvgIpc) is 2.31. The molecule has 2 rings (SSSR count). The van der Waals surface area contributed by atoms with Crippen LogP contribution in [-0.2, 0) is 11.2 Å². The van der Waals surface area contributed by atoms with Crippen LogP contribution >= 0.6 is 0 Å². The lowest BCUT2D eigenvalue weighted by molar-refractivity contribution is -0.133. The molecule has 0 saturated carbocycles. The SMILES string of the molecule is C[C@H]1CNCCN1C(=O)Cc1cccnc1. The van der Waals surface area contributed by atoms with Gasteiger partial charge in [0, 0.05) is 38.1 Å². The van der Waals surface area contributed by atoms with Gasteiger partial charge in [-0.05, 0) is 18.6 Å². The molecule has 1 fully saturated rings. The van der Waals surface area contributed by atoms with Crippen LogP contribution in [0, 0.1) is 0 Å². The highest BCUT2D eigenvalue weighted by molar-refractivity contribution is 5.79. The van der Waals surface area contributed by atoms with Gasteiger partial charge in [0.05, 0.1) is 6.42 Å². The van der Waals surface area contributed by atoms with Crippen molar-refractivity contribution in [1.29, 1.82) is 0 Å². The topological polar surface area (TPSA) is 45.2 Å². The van der Waals surface area contributed by atoms with Gasteiger partial charge in [0.25, 0.3) is 0 Å². The van der Waals surface area contributed by atoms with Crippen LogP contribution in [0.25, 0.3) is 0 Å². The molecule has 0 aromatic carbocycles. The molecule has 1 aromatic heterocycles. The van der Waals surface area contributed by atoms with Crippen LogP contribution < -0.4 is 5.32 Å². The van der Waals surface area contributed by atoms with Crippen LogP contribution in [0.15, 0.2) is 24.5 Å². The van der Waals surface area contributed by atoms with E-state index >= 15 is 0 Å². The van der Waals surface area contributed by atoms with E-state index in [-0.39, 0.29) is 11.9 Å². The van der Waals surface area contributed by atoms with E-state index in [0.29, 0.717) is 6.42 Å². The third kappa shape index (κ3) is 2.58. The van der Waals surface area contributed by atoms with Gasteiger partial charge < -0.3 is 10.2 Å². The fourth-order valence-electron chi connectivity index (χ4n) is 1.99. The number of rotatable bonds is 2. The van der Waals surface area contributed by atoms with Gasteiger partial charge in [0.1, 0.15) is 0 Å². The normalized spacial score (nSPS) is 20.8. The Morgan fingerprint density at radius 2 is 2.56 bits per heavy atom. The smallest absolute Gasteiger partial charge is 0.227 e. The molecule has 86 valence electrons. The molecule has 1 amide bonds. The maximum absolute atomic E-state index is 12.0. The third-order valence-electron chi connectivity index (χ3n) is 2.90. The van der Waals surface area contributed by atoms with Gasteiger partial charge in [-0.1, -0.05) is 6.07 Å². The number of carbonyl (C=O) groups is 1. The summed E-state index contributed by atoms with van der Waals surface area (Å²) in [5.41, 5.74) is 0.984. The summed E-state index contributed by atoms with van der Waals surface area (Å²) in [5, 5.41) is 3.28. The van der Waals surface area contributed by atoms with Gasteiger partial charge in [-0.15, -0.1) is 0 Å². The summed E-state index contributed by atoms with van der Waals surface area (Å²) in [6.07, 6.45) is 3.93. The van der Waals surface area contributed by atoms with Gasteiger partial charge in [0.15, 0.2) is 0 Å². The maximum atomic E-state index is 12.0. The van der Waals surface area contributed by atoms with Crippen molar-refractivity contribution in [3.63, 3.8) is 0 Å². The number of aromatic nitrogens is 1. The van der Waals surface area contributed by atoms with E-state index in [1.165, 1.54) is 0 Å². The Hall–Kier alpha value is -1.42. The van der Waals surface area contributed by atoms with Crippen molar-refractivity contribution in [2.45, 2.75) is 19.4 Å². The summed E-state index contributed by atoms with van der Waals surface area (Å²) in [7, 11) is 0. The molecule has 4 heteroatoms. The van der Waals surface area contributed by atoms with Crippen molar-refractivity contribution in [3.8, 4) is 0 Å². The van der Waals surface area contributed by atoms with E-state index in [1.54, 1.807) is 12.4 Å². The van der Waals surface area contributed by atoms with E-state index in [2.05, 4.69) is 17.2 Å². The zero-order valence-corrected chi connectivity index (χ0v) is 9.52. The van der Waals surface area contributed by atoms with Gasteiger partial charge in [-0.25, -0.2) is 0 Å². The Kier molecular flexibility index (Phi) is 3.51. The molecule has 0 radical (unpaired) electrons. The first kappa shape index (κ1) is 11.1. The second kappa shape index (κ2) is 5.07. The summed E-state index contributed by atoms with van der Waals surface area (Å²) in [5.74, 6) is 0.196. The average molecular weight is 219 g/mol. The first-order valence-electron chi connectivity index (χ1n) is 5.66. The Labute approximate surface area is 95.7 Å². The van der Waals surface area contributed by atoms with Crippen molar-refractivity contribution in [2.75, 3.05) is 19.6 Å². The molecule has 4 nitrogen and oxygen atoms in total. The maximum Gasteiger partial charge on any atom is 0.227 e. The largest absolute Gasteiger partial charge is 0.337 e. The number of nitrogens with one attached hydrogen (secondary N) is 1. The molecule has 1 aliphatic heterocycles. The second-order valence-corrected chi connectivity index (χ2v) is 4.18. The standard InChI is InChI=1S/C12H17N3O/c1-10-8-14-5-6-15(10)12(16)7-11-3-2-4-13-9-11/h2-4,9-10,14H,5-8H2,1H3/t10-/m0/s1. The fraction of sp³-hybridized carbons (Fsp3) is 0.500. The Morgan fingerprint density at radius 3 is 3.25 bits per heavy atom. The van der Waals surface area contributed by atoms with E-state index in [9.17, 15) is 4.79 Å². The molecule has 0 spiro atoms. The van der Waals surface area contributed by atoms with Gasteiger partial charge in [0.2, 0.25) is 5.91 Å². The predicted octanol–water partition coefficient (Wildman–Crippen LogP) is 0.444. The van der Waals surface area contributed by atoms with E-state index in [4.69, 9.17) is 0 Å². The first-order valence-corrected chi connectivity index (χ1v) is 5.66. The zero-order valence-electron chi connectivity index (χ0n) is 9.52. The minimum absolute atomic E-state index is 0.196. The minimum atomic E-state index is 0.196. The highest BCUT2D eigenvalue weighted by atomic mass is 16.2. The lowest BCUT2D eigenvalue weighted by atomic mass is 10.1. The molecule has 1 N–H and O–H groups in total. The van der Waals surface area contributed by atoms with E-state index < -0.39 is 0 Å². The van der Waals surface area contributed by atoms with Crippen molar-refractivity contribution in [2.24, 2.45) is 0 Å². The third-order valence-corrected chi connectivity index (χ3v) is 2.90. The highest BCUT2D eigenvalue weighted by Gasteiger charge is 2.22. The fourth-order valence-corrected chi connectivity index (χ4v) is 1.99. The first-order chi connectivity index (χ1) is 7.77. The van der Waals surface area contributed by atoms with Gasteiger partial charge in [-0.2, -0.15) is 0 Å². The number of amides is 1. The van der Waals surface area contributed by atoms with Crippen LogP contribution in [0.5, 0.6) is 0 Å². The molecule has 1 saturated heterocycles. The van der Waals surface area contributed by atoms with Crippen LogP contribution in [0.2, 0.25) is 0 Å². The lowest BCUT2D eigenvalue weighted by Gasteiger charge is -2.34. The molecule has 1 aliphatic rings. The zero-order chi connectivity index (χ0) is 11.4. The molecule has 0 unspecified atom stereocenters. The summed E-state index contributed by atoms with van der Waals surface area (Å²) in [4.78, 5) is 18.0. The van der Waals surface area contributed by atoms with Gasteiger partial charge in [-0.3, -0.25) is 9.78 Å². The summed E-state index contributed by atoms with van der Waals surface area (Å²) in [6, 6.07) is 4.10. The number of pyridine rings is 1. The Balaban J connectivity index is 1.97. The predicted molar refractivity (Wildman–Crippen MR) is 62.0 cm³/mol. The van der Waals surface area contributed by atoms with Crippen LogP contribution in [0.1, 0.15) is 12.5 Å². The Bertz CT molecular complexity index is 353. The molecule has 1 atom stereocenters. The number of hydrogen-bond donors (Lipinski definition) is 1. The van der Waals surface area contributed by atoms with Crippen molar-refractivity contribution < 1.29 is 4.79 Å². The van der Waals surface area contributed by atoms with Crippen molar-refractivity contribution in [1.82, 2.24) is 15.2 Å². The molecular weight excluding hydrogens is 202 g/mol. The van der Waals surface area contributed by atoms with Crippen LogP contribution in [0.3, 0.4) is 0 Å². The lowest BCUT2D eigenvalue weighted by Crippen LogP contribution is -2.52. The molecular formula is C12H17N3O. The second-order valence-electron chi connectivity index (χ2n) is 4.18. The molecule has 16 heavy (non-hydrogen) atoms. The quantitative estimate of drug-likeness (QED) is 0.785. The summed E-state index contributed by atoms with van der Waals surface area (Å²) >= 11 is 0. The van der Waals surface area contributed by atoms with Gasteiger partial charge >= 0.3 is 0 Å². The highest BCUT2D eigenvalue weighted by Crippen LogP contribution is 2.07. The Morgan fingerprint density at radius 1 is 1.69 bits per heavy atom. The van der Waals surface area contributed by atoms with Crippen molar-refractivity contribution in [3.05, 3.63) is 30.1 Å². The number of piperazine rings is 1. The van der Waals surface area contributed by atoms with Crippen molar-refractivity contribution >= 4 is 5.91 Å². The van der Waals surface area contributed by atoms with Crippen LogP contribution in [0.4, 0.5) is 0 Å².